The molecule has 0 saturated heterocycles. The van der Waals surface area contributed by atoms with E-state index >= 15 is 0 Å². The largest absolute Gasteiger partial charge is 0.342 e. The van der Waals surface area contributed by atoms with Crippen LogP contribution in [0.4, 0.5) is 11.4 Å². The second kappa shape index (κ2) is 9.51. The van der Waals surface area contributed by atoms with Gasteiger partial charge in [0.25, 0.3) is 11.6 Å². The molecule has 0 unspecified atom stereocenters. The molecule has 0 aliphatic carbocycles. The third-order valence-corrected chi connectivity index (χ3v) is 5.53. The maximum absolute atomic E-state index is 12.7. The number of rotatable bonds is 6. The molecular weight excluding hydrogens is 484 g/mol. The highest BCUT2D eigenvalue weighted by Gasteiger charge is 2.14. The predicted molar refractivity (Wildman–Crippen MR) is 130 cm³/mol. The molecule has 8 heteroatoms. The Kier molecular flexibility index (Phi) is 6.33. The van der Waals surface area contributed by atoms with Crippen molar-refractivity contribution in [3.63, 3.8) is 0 Å². The van der Waals surface area contributed by atoms with Crippen LogP contribution in [0.25, 0.3) is 17.0 Å². The predicted octanol–water partition coefficient (Wildman–Crippen LogP) is 5.91. The third-order valence-electron chi connectivity index (χ3n) is 5.04. The van der Waals surface area contributed by atoms with Crippen LogP contribution in [0, 0.1) is 21.4 Å². The van der Waals surface area contributed by atoms with Crippen LogP contribution in [-0.2, 0) is 11.3 Å². The summed E-state index contributed by atoms with van der Waals surface area (Å²) < 4.78 is 2.76. The van der Waals surface area contributed by atoms with E-state index in [0.29, 0.717) is 17.8 Å². The Balaban J connectivity index is 1.68. The first kappa shape index (κ1) is 22.0. The van der Waals surface area contributed by atoms with Crippen molar-refractivity contribution < 1.29 is 9.72 Å². The zero-order chi connectivity index (χ0) is 23.4. The summed E-state index contributed by atoms with van der Waals surface area (Å²) in [7, 11) is 0. The Labute approximate surface area is 197 Å². The molecule has 1 aromatic heterocycles. The van der Waals surface area contributed by atoms with Gasteiger partial charge in [0.05, 0.1) is 4.92 Å². The van der Waals surface area contributed by atoms with E-state index in [1.54, 1.807) is 30.3 Å². The van der Waals surface area contributed by atoms with Crippen LogP contribution >= 0.6 is 15.9 Å². The number of nitro benzene ring substituents is 1. The first-order chi connectivity index (χ1) is 15.9. The lowest BCUT2D eigenvalue weighted by Crippen LogP contribution is -2.13. The van der Waals surface area contributed by atoms with Crippen molar-refractivity contribution in [2.24, 2.45) is 0 Å². The van der Waals surface area contributed by atoms with Crippen molar-refractivity contribution in [2.45, 2.75) is 6.54 Å². The van der Waals surface area contributed by atoms with Crippen molar-refractivity contribution in [1.82, 2.24) is 4.57 Å². The number of fused-ring (bicyclic) bond motifs is 1. The number of aromatic nitrogens is 1. The van der Waals surface area contributed by atoms with Crippen LogP contribution in [0.2, 0.25) is 0 Å². The second-order valence-electron chi connectivity index (χ2n) is 7.29. The summed E-state index contributed by atoms with van der Waals surface area (Å²) >= 11 is 3.36. The van der Waals surface area contributed by atoms with Gasteiger partial charge in [-0.1, -0.05) is 52.3 Å². The van der Waals surface area contributed by atoms with Crippen molar-refractivity contribution >= 4 is 50.2 Å². The molecule has 3 aromatic carbocycles. The number of para-hydroxylation sites is 1. The van der Waals surface area contributed by atoms with Gasteiger partial charge in [0.15, 0.2) is 0 Å². The molecule has 0 aliphatic rings. The van der Waals surface area contributed by atoms with Crippen molar-refractivity contribution in [2.75, 3.05) is 5.32 Å². The Morgan fingerprint density at radius 1 is 1.12 bits per heavy atom. The first-order valence-corrected chi connectivity index (χ1v) is 10.7. The Bertz CT molecular complexity index is 1450. The van der Waals surface area contributed by atoms with Crippen LogP contribution in [0.5, 0.6) is 0 Å². The fraction of sp³-hybridized carbons (Fsp3) is 0.0400. The molecule has 0 bridgehead atoms. The summed E-state index contributed by atoms with van der Waals surface area (Å²) in [6, 6.07) is 23.2. The van der Waals surface area contributed by atoms with E-state index < -0.39 is 10.8 Å². The van der Waals surface area contributed by atoms with E-state index in [9.17, 15) is 20.2 Å². The van der Waals surface area contributed by atoms with Crippen LogP contribution in [0.1, 0.15) is 11.1 Å². The number of benzene rings is 3. The highest BCUT2D eigenvalue weighted by molar-refractivity contribution is 9.10. The van der Waals surface area contributed by atoms with E-state index in [1.807, 2.05) is 53.2 Å². The molecule has 0 spiro atoms. The van der Waals surface area contributed by atoms with Crippen molar-refractivity contribution in [1.29, 1.82) is 5.26 Å². The average Bonchev–Trinajstić information content (AvgIpc) is 3.14. The molecule has 1 heterocycles. The van der Waals surface area contributed by atoms with Gasteiger partial charge in [-0.25, -0.2) is 0 Å². The molecule has 4 aromatic rings. The number of amides is 1. The number of anilines is 1. The number of halogens is 1. The summed E-state index contributed by atoms with van der Waals surface area (Å²) in [4.78, 5) is 23.4. The maximum Gasteiger partial charge on any atom is 0.269 e. The van der Waals surface area contributed by atoms with E-state index in [1.165, 1.54) is 12.1 Å². The van der Waals surface area contributed by atoms with Gasteiger partial charge < -0.3 is 9.88 Å². The number of hydrogen-bond donors (Lipinski definition) is 1. The summed E-state index contributed by atoms with van der Waals surface area (Å²) in [6.07, 6.45) is 3.40. The van der Waals surface area contributed by atoms with E-state index in [4.69, 9.17) is 0 Å². The normalized spacial score (nSPS) is 11.2. The highest BCUT2D eigenvalue weighted by atomic mass is 79.9. The fourth-order valence-electron chi connectivity index (χ4n) is 3.55. The molecule has 0 atom stereocenters. The minimum absolute atomic E-state index is 0.0278. The van der Waals surface area contributed by atoms with Crippen molar-refractivity contribution in [3.05, 3.63) is 110 Å². The lowest BCUT2D eigenvalue weighted by molar-refractivity contribution is -0.384. The number of carbonyl (C=O) groups is 1. The number of non-ortho nitro benzene ring substituents is 1. The summed E-state index contributed by atoms with van der Waals surface area (Å²) in [5.41, 5.74) is 2.93. The topological polar surface area (TPSA) is 101 Å². The molecule has 0 fully saturated rings. The Morgan fingerprint density at radius 3 is 2.67 bits per heavy atom. The Morgan fingerprint density at radius 2 is 1.91 bits per heavy atom. The summed E-state index contributed by atoms with van der Waals surface area (Å²) in [6.45, 7) is 0.405. The monoisotopic (exact) mass is 500 g/mol. The van der Waals surface area contributed by atoms with Crippen LogP contribution in [0.3, 0.4) is 0 Å². The van der Waals surface area contributed by atoms with Gasteiger partial charge in [0.2, 0.25) is 0 Å². The van der Waals surface area contributed by atoms with Crippen molar-refractivity contribution in [3.8, 4) is 6.07 Å². The lowest BCUT2D eigenvalue weighted by atomic mass is 10.1. The maximum atomic E-state index is 12.7. The number of nitro groups is 1. The number of carbonyl (C=O) groups excluding carboxylic acids is 1. The van der Waals surface area contributed by atoms with E-state index in [2.05, 4.69) is 21.2 Å². The SMILES string of the molecule is N#C/C(=C/c1cn(Cc2cccc([N+](=O)[O-])c2)c2ccccc12)C(=O)Nc1cccc(Br)c1. The zero-order valence-electron chi connectivity index (χ0n) is 17.2. The van der Waals surface area contributed by atoms with Gasteiger partial charge in [-0.05, 0) is 35.9 Å². The van der Waals surface area contributed by atoms with Gasteiger partial charge in [-0.3, -0.25) is 14.9 Å². The van der Waals surface area contributed by atoms with Gasteiger partial charge in [0, 0.05) is 51.5 Å². The van der Waals surface area contributed by atoms with Gasteiger partial charge in [-0.15, -0.1) is 0 Å². The zero-order valence-corrected chi connectivity index (χ0v) is 18.8. The van der Waals surface area contributed by atoms with Crippen LogP contribution in [-0.4, -0.2) is 15.4 Å². The molecular formula is C25H17BrN4O3. The minimum Gasteiger partial charge on any atom is -0.342 e. The molecule has 7 nitrogen and oxygen atoms in total. The minimum atomic E-state index is -0.508. The van der Waals surface area contributed by atoms with E-state index in [0.717, 1.165) is 20.9 Å². The smallest absolute Gasteiger partial charge is 0.269 e. The highest BCUT2D eigenvalue weighted by Crippen LogP contribution is 2.26. The van der Waals surface area contributed by atoms with Crippen LogP contribution < -0.4 is 5.32 Å². The van der Waals surface area contributed by atoms with Gasteiger partial charge in [0.1, 0.15) is 11.6 Å². The number of nitrogens with one attached hydrogen (secondary N) is 1. The lowest BCUT2D eigenvalue weighted by Gasteiger charge is -2.05. The van der Waals surface area contributed by atoms with Gasteiger partial charge in [-0.2, -0.15) is 5.26 Å². The molecule has 1 N–H and O–H groups in total. The summed E-state index contributed by atoms with van der Waals surface area (Å²) in [5.74, 6) is -0.508. The molecule has 0 radical (unpaired) electrons. The third kappa shape index (κ3) is 5.00. The number of hydrogen-bond acceptors (Lipinski definition) is 4. The Hall–Kier alpha value is -4.22. The van der Waals surface area contributed by atoms with Gasteiger partial charge >= 0.3 is 0 Å². The first-order valence-electron chi connectivity index (χ1n) is 9.94. The average molecular weight is 501 g/mol. The fourth-order valence-corrected chi connectivity index (χ4v) is 3.95. The quantitative estimate of drug-likeness (QED) is 0.154. The molecule has 33 heavy (non-hydrogen) atoms. The molecule has 4 rings (SSSR count). The second-order valence-corrected chi connectivity index (χ2v) is 8.21. The number of nitrogens with zero attached hydrogens (tertiary/aromatic N) is 3. The molecule has 1 amide bonds. The molecule has 162 valence electrons. The number of nitriles is 1. The molecule has 0 aliphatic heterocycles. The molecule has 0 saturated carbocycles. The van der Waals surface area contributed by atoms with E-state index in [-0.39, 0.29) is 11.3 Å². The summed E-state index contributed by atoms with van der Waals surface area (Å²) in [5, 5.41) is 24.3. The standard InChI is InChI=1S/C25H17BrN4O3/c26-20-6-4-7-21(13-20)28-25(31)18(14-27)12-19-16-29(24-10-2-1-9-23(19)24)15-17-5-3-8-22(11-17)30(32)33/h1-13,16H,15H2,(H,28,31)/b18-12-. The van der Waals surface area contributed by atoms with Crippen LogP contribution in [0.15, 0.2) is 89.0 Å².